The van der Waals surface area contributed by atoms with E-state index in [4.69, 9.17) is 0 Å². The highest BCUT2D eigenvalue weighted by Crippen LogP contribution is 2.38. The van der Waals surface area contributed by atoms with E-state index in [1.165, 1.54) is 43.4 Å². The molecule has 1 amide bonds. The fourth-order valence-corrected chi connectivity index (χ4v) is 6.26. The van der Waals surface area contributed by atoms with E-state index in [0.29, 0.717) is 17.5 Å². The lowest BCUT2D eigenvalue weighted by Crippen LogP contribution is -2.51. The van der Waals surface area contributed by atoms with Crippen molar-refractivity contribution in [1.82, 2.24) is 9.80 Å². The van der Waals surface area contributed by atoms with Crippen LogP contribution in [0, 0.1) is 0 Å². The van der Waals surface area contributed by atoms with Crippen molar-refractivity contribution in [3.05, 3.63) is 96.6 Å². The van der Waals surface area contributed by atoms with Crippen molar-refractivity contribution in [1.29, 1.82) is 0 Å². The lowest BCUT2D eigenvalue weighted by molar-refractivity contribution is -0.146. The van der Waals surface area contributed by atoms with Crippen LogP contribution in [0.3, 0.4) is 0 Å². The predicted molar refractivity (Wildman–Crippen MR) is 157 cm³/mol. The summed E-state index contributed by atoms with van der Waals surface area (Å²) in [7, 11) is 0. The Hall–Kier alpha value is -2.86. The molecule has 0 spiro atoms. The van der Waals surface area contributed by atoms with Crippen molar-refractivity contribution in [3.8, 4) is 0 Å². The molecule has 0 aromatic heterocycles. The molecule has 0 N–H and O–H groups in total. The van der Waals surface area contributed by atoms with Crippen LogP contribution in [0.5, 0.6) is 0 Å². The average Bonchev–Trinajstić information content (AvgIpc) is 3.83. The Morgan fingerprint density at radius 3 is 1.90 bits per heavy atom. The number of alkyl halides is 3. The molecular formula is C34H43F3N2O. The first-order chi connectivity index (χ1) is 19.2. The standard InChI is InChI=1S/C30H37F3N2O.C4H6/c1-21(30(31,32)33)22-7-9-25(10-8-22)29(36)35(27-15-16-27)28-17-19-34(20-18-28)26-13-11-24(12-14-26)23-5-3-2-4-6-23;1-3-4-2/h2-10,21,24,26-28H,11-20H2,1H3;3-4H,1-2H2. The molecule has 2 aliphatic carbocycles. The van der Waals surface area contributed by atoms with Gasteiger partial charge in [-0.2, -0.15) is 13.2 Å². The lowest BCUT2D eigenvalue weighted by atomic mass is 9.81. The molecule has 3 fully saturated rings. The average molecular weight is 553 g/mol. The molecule has 0 bridgehead atoms. The van der Waals surface area contributed by atoms with Crippen molar-refractivity contribution >= 4 is 5.91 Å². The molecule has 1 saturated heterocycles. The zero-order chi connectivity index (χ0) is 28.7. The van der Waals surface area contributed by atoms with E-state index in [1.54, 1.807) is 24.3 Å². The quantitative estimate of drug-likeness (QED) is 0.322. The Bertz CT molecular complexity index is 1090. The molecule has 1 heterocycles. The van der Waals surface area contributed by atoms with Crippen LogP contribution in [0.2, 0.25) is 0 Å². The highest BCUT2D eigenvalue weighted by Gasteiger charge is 2.40. The molecule has 216 valence electrons. The van der Waals surface area contributed by atoms with E-state index < -0.39 is 12.1 Å². The van der Waals surface area contributed by atoms with Gasteiger partial charge in [0.2, 0.25) is 0 Å². The second kappa shape index (κ2) is 13.7. The minimum atomic E-state index is -4.28. The minimum absolute atomic E-state index is 0.0227. The van der Waals surface area contributed by atoms with Crippen molar-refractivity contribution in [2.75, 3.05) is 13.1 Å². The highest BCUT2D eigenvalue weighted by molar-refractivity contribution is 5.95. The zero-order valence-corrected chi connectivity index (χ0v) is 23.7. The van der Waals surface area contributed by atoms with Gasteiger partial charge in [-0.25, -0.2) is 0 Å². The fraction of sp³-hybridized carbons (Fsp3) is 0.500. The van der Waals surface area contributed by atoms with Crippen LogP contribution in [0.25, 0.3) is 0 Å². The van der Waals surface area contributed by atoms with Gasteiger partial charge in [-0.15, -0.1) is 0 Å². The molecule has 40 heavy (non-hydrogen) atoms. The van der Waals surface area contributed by atoms with Crippen molar-refractivity contribution in [3.63, 3.8) is 0 Å². The van der Waals surface area contributed by atoms with E-state index in [9.17, 15) is 18.0 Å². The first kappa shape index (κ1) is 30.1. The molecule has 1 atom stereocenters. The maximum absolute atomic E-state index is 13.4. The van der Waals surface area contributed by atoms with Gasteiger partial charge in [0.05, 0.1) is 5.92 Å². The van der Waals surface area contributed by atoms with Gasteiger partial charge >= 0.3 is 6.18 Å². The van der Waals surface area contributed by atoms with Gasteiger partial charge in [-0.1, -0.05) is 67.8 Å². The van der Waals surface area contributed by atoms with Gasteiger partial charge < -0.3 is 9.80 Å². The molecule has 2 aromatic carbocycles. The van der Waals surface area contributed by atoms with Gasteiger partial charge in [0, 0.05) is 36.8 Å². The largest absolute Gasteiger partial charge is 0.395 e. The van der Waals surface area contributed by atoms with E-state index in [2.05, 4.69) is 53.3 Å². The number of likely N-dealkylation sites (tertiary alicyclic amines) is 1. The summed E-state index contributed by atoms with van der Waals surface area (Å²) in [5, 5.41) is 0. The maximum Gasteiger partial charge on any atom is 0.395 e. The summed E-state index contributed by atoms with van der Waals surface area (Å²) in [6, 6.07) is 18.1. The number of carbonyl (C=O) groups excluding carboxylic acids is 1. The Morgan fingerprint density at radius 1 is 0.850 bits per heavy atom. The minimum Gasteiger partial charge on any atom is -0.333 e. The number of halogens is 3. The number of hydrogen-bond donors (Lipinski definition) is 0. The lowest BCUT2D eigenvalue weighted by Gasteiger charge is -2.43. The maximum atomic E-state index is 13.4. The van der Waals surface area contributed by atoms with Crippen molar-refractivity contribution < 1.29 is 18.0 Å². The summed E-state index contributed by atoms with van der Waals surface area (Å²) in [5.74, 6) is -0.882. The van der Waals surface area contributed by atoms with Gasteiger partial charge in [0.1, 0.15) is 0 Å². The molecule has 6 heteroatoms. The van der Waals surface area contributed by atoms with Crippen LogP contribution in [-0.2, 0) is 0 Å². The molecule has 3 aliphatic rings. The number of nitrogens with zero attached hydrogens (tertiary/aromatic N) is 2. The van der Waals surface area contributed by atoms with E-state index in [-0.39, 0.29) is 23.6 Å². The third kappa shape index (κ3) is 7.66. The zero-order valence-electron chi connectivity index (χ0n) is 23.7. The predicted octanol–water partition coefficient (Wildman–Crippen LogP) is 8.51. The van der Waals surface area contributed by atoms with Crippen LogP contribution >= 0.6 is 0 Å². The molecule has 3 nitrogen and oxygen atoms in total. The van der Waals surface area contributed by atoms with Crippen molar-refractivity contribution in [2.45, 2.75) is 94.4 Å². The number of piperidine rings is 1. The van der Waals surface area contributed by atoms with Crippen molar-refractivity contribution in [2.24, 2.45) is 0 Å². The summed E-state index contributed by atoms with van der Waals surface area (Å²) in [5.41, 5.74) is 2.17. The second-order valence-electron chi connectivity index (χ2n) is 11.5. The number of allylic oxidation sites excluding steroid dienone is 2. The van der Waals surface area contributed by atoms with Gasteiger partial charge in [-0.05, 0) is 87.5 Å². The van der Waals surface area contributed by atoms with Crippen LogP contribution in [0.15, 0.2) is 79.9 Å². The Morgan fingerprint density at radius 2 is 1.40 bits per heavy atom. The number of benzene rings is 2. The van der Waals surface area contributed by atoms with Gasteiger partial charge in [0.15, 0.2) is 0 Å². The number of hydrogen-bond acceptors (Lipinski definition) is 2. The Balaban J connectivity index is 0.000000867. The molecule has 1 aliphatic heterocycles. The number of amides is 1. The van der Waals surface area contributed by atoms with E-state index >= 15 is 0 Å². The third-order valence-corrected chi connectivity index (χ3v) is 8.87. The fourth-order valence-electron chi connectivity index (χ4n) is 6.26. The number of carbonyl (C=O) groups is 1. The SMILES string of the molecule is C=CC=C.CC(c1ccc(C(=O)N(C2CC2)C2CCN(C3CCC(c4ccccc4)CC3)CC2)cc1)C(F)(F)F. The molecule has 0 radical (unpaired) electrons. The summed E-state index contributed by atoms with van der Waals surface area (Å²) < 4.78 is 39.2. The summed E-state index contributed by atoms with van der Waals surface area (Å²) in [6.45, 7) is 9.92. The Kier molecular flexibility index (Phi) is 10.3. The molecule has 5 rings (SSSR count). The van der Waals surface area contributed by atoms with Crippen LogP contribution in [0.4, 0.5) is 13.2 Å². The second-order valence-corrected chi connectivity index (χ2v) is 11.5. The van der Waals surface area contributed by atoms with Crippen LogP contribution in [-0.4, -0.2) is 53.1 Å². The van der Waals surface area contributed by atoms with Gasteiger partial charge in [0.25, 0.3) is 5.91 Å². The molecule has 2 aromatic rings. The first-order valence-electron chi connectivity index (χ1n) is 14.7. The first-order valence-corrected chi connectivity index (χ1v) is 14.7. The summed E-state index contributed by atoms with van der Waals surface area (Å²) in [6.07, 6.45) is 7.95. The molecular weight excluding hydrogens is 509 g/mol. The molecule has 1 unspecified atom stereocenters. The highest BCUT2D eigenvalue weighted by atomic mass is 19.4. The van der Waals surface area contributed by atoms with Crippen LogP contribution in [0.1, 0.15) is 91.6 Å². The monoisotopic (exact) mass is 552 g/mol. The summed E-state index contributed by atoms with van der Waals surface area (Å²) in [4.78, 5) is 18.1. The van der Waals surface area contributed by atoms with E-state index in [0.717, 1.165) is 45.7 Å². The Labute approximate surface area is 237 Å². The van der Waals surface area contributed by atoms with Crippen LogP contribution < -0.4 is 0 Å². The third-order valence-electron chi connectivity index (χ3n) is 8.87. The smallest absolute Gasteiger partial charge is 0.333 e. The number of rotatable bonds is 7. The van der Waals surface area contributed by atoms with E-state index in [1.807, 2.05) is 0 Å². The summed E-state index contributed by atoms with van der Waals surface area (Å²) >= 11 is 0. The topological polar surface area (TPSA) is 23.6 Å². The normalized spacial score (nSPS) is 22.9. The van der Waals surface area contributed by atoms with Gasteiger partial charge in [-0.3, -0.25) is 4.79 Å². The molecule has 2 saturated carbocycles.